The van der Waals surface area contributed by atoms with Crippen molar-refractivity contribution in [2.45, 2.75) is 25.4 Å². The van der Waals surface area contributed by atoms with Crippen LogP contribution in [0.2, 0.25) is 5.02 Å². The number of fused-ring (bicyclic) bond motifs is 1. The molecule has 1 atom stereocenters. The molecule has 3 rings (SSSR count). The molecule has 1 unspecified atom stereocenters. The summed E-state index contributed by atoms with van der Waals surface area (Å²) in [5, 5.41) is 18.6. The molecule has 2 aromatic rings. The molecule has 22 heavy (non-hydrogen) atoms. The molecule has 1 aromatic heterocycles. The van der Waals surface area contributed by atoms with Crippen LogP contribution in [0.15, 0.2) is 24.3 Å². The lowest BCUT2D eigenvalue weighted by Gasteiger charge is -2.38. The van der Waals surface area contributed by atoms with E-state index in [4.69, 9.17) is 16.3 Å². The third kappa shape index (κ3) is 2.49. The third-order valence-corrected chi connectivity index (χ3v) is 4.87. The smallest absolute Gasteiger partial charge is 0.124 e. The topological polar surface area (TPSA) is 59.3 Å². The Bertz CT molecular complexity index is 686. The fourth-order valence-corrected chi connectivity index (χ4v) is 3.11. The van der Waals surface area contributed by atoms with Gasteiger partial charge >= 0.3 is 0 Å². The number of para-hydroxylation sites is 1. The molecule has 0 bridgehead atoms. The summed E-state index contributed by atoms with van der Waals surface area (Å²) < 4.78 is 7.45. The van der Waals surface area contributed by atoms with Crippen LogP contribution in [0.5, 0.6) is 5.75 Å². The molecule has 1 aliphatic rings. The van der Waals surface area contributed by atoms with Gasteiger partial charge < -0.3 is 9.84 Å². The number of aryl methyl sites for hydroxylation is 1. The maximum Gasteiger partial charge on any atom is 0.124 e. The zero-order valence-corrected chi connectivity index (χ0v) is 13.5. The highest BCUT2D eigenvalue weighted by atomic mass is 35.5. The maximum absolute atomic E-state index is 10.0. The molecule has 0 amide bonds. The van der Waals surface area contributed by atoms with E-state index in [1.54, 1.807) is 4.68 Å². The molecule has 0 saturated heterocycles. The van der Waals surface area contributed by atoms with Crippen molar-refractivity contribution in [2.75, 3.05) is 13.2 Å². The Kier molecular flexibility index (Phi) is 4.12. The van der Waals surface area contributed by atoms with Gasteiger partial charge in [-0.2, -0.15) is 5.10 Å². The SMILES string of the molecule is Cc1c(Cl)c(CNC2(CO)CCOc3ccccc32)nn1C. The fraction of sp³-hybridized carbons (Fsp3) is 0.438. The van der Waals surface area contributed by atoms with Crippen LogP contribution in [0.1, 0.15) is 23.4 Å². The molecule has 1 aromatic carbocycles. The van der Waals surface area contributed by atoms with Crippen LogP contribution in [0, 0.1) is 6.92 Å². The van der Waals surface area contributed by atoms with Crippen LogP contribution in [-0.2, 0) is 19.1 Å². The zero-order chi connectivity index (χ0) is 15.7. The first-order chi connectivity index (χ1) is 10.6. The summed E-state index contributed by atoms with van der Waals surface area (Å²) in [6.07, 6.45) is 0.698. The Morgan fingerprint density at radius 3 is 2.91 bits per heavy atom. The van der Waals surface area contributed by atoms with Crippen LogP contribution in [0.25, 0.3) is 0 Å². The molecular weight excluding hydrogens is 302 g/mol. The summed E-state index contributed by atoms with van der Waals surface area (Å²) >= 11 is 6.31. The molecule has 0 fully saturated rings. The lowest BCUT2D eigenvalue weighted by molar-refractivity contribution is 0.105. The first kappa shape index (κ1) is 15.3. The van der Waals surface area contributed by atoms with E-state index in [0.717, 1.165) is 22.7 Å². The van der Waals surface area contributed by atoms with Gasteiger partial charge in [0.2, 0.25) is 0 Å². The number of aliphatic hydroxyl groups excluding tert-OH is 1. The summed E-state index contributed by atoms with van der Waals surface area (Å²) in [5.41, 5.74) is 2.18. The Balaban J connectivity index is 1.88. The van der Waals surface area contributed by atoms with E-state index in [0.29, 0.717) is 24.6 Å². The molecule has 1 aliphatic heterocycles. The number of rotatable bonds is 4. The maximum atomic E-state index is 10.0. The zero-order valence-electron chi connectivity index (χ0n) is 12.8. The van der Waals surface area contributed by atoms with Crippen molar-refractivity contribution in [2.24, 2.45) is 7.05 Å². The van der Waals surface area contributed by atoms with Gasteiger partial charge in [-0.15, -0.1) is 0 Å². The van der Waals surface area contributed by atoms with E-state index in [9.17, 15) is 5.11 Å². The Labute approximate surface area is 134 Å². The Hall–Kier alpha value is -1.56. The molecule has 6 heteroatoms. The van der Waals surface area contributed by atoms with Crippen molar-refractivity contribution in [1.82, 2.24) is 15.1 Å². The largest absolute Gasteiger partial charge is 0.493 e. The van der Waals surface area contributed by atoms with Gasteiger partial charge in [-0.25, -0.2) is 0 Å². The van der Waals surface area contributed by atoms with E-state index in [1.807, 2.05) is 38.2 Å². The highest BCUT2D eigenvalue weighted by molar-refractivity contribution is 6.31. The first-order valence-electron chi connectivity index (χ1n) is 7.33. The highest BCUT2D eigenvalue weighted by Crippen LogP contribution is 2.37. The second-order valence-corrected chi connectivity index (χ2v) is 6.04. The van der Waals surface area contributed by atoms with Gasteiger partial charge in [-0.3, -0.25) is 10.00 Å². The lowest BCUT2D eigenvalue weighted by atomic mass is 9.85. The number of hydrogen-bond acceptors (Lipinski definition) is 4. The van der Waals surface area contributed by atoms with Crippen molar-refractivity contribution in [3.63, 3.8) is 0 Å². The summed E-state index contributed by atoms with van der Waals surface area (Å²) in [4.78, 5) is 0. The van der Waals surface area contributed by atoms with Crippen molar-refractivity contribution in [1.29, 1.82) is 0 Å². The summed E-state index contributed by atoms with van der Waals surface area (Å²) in [7, 11) is 1.87. The molecule has 5 nitrogen and oxygen atoms in total. The molecule has 2 heterocycles. The minimum absolute atomic E-state index is 0.00317. The number of benzene rings is 1. The molecule has 118 valence electrons. The predicted octanol–water partition coefficient (Wildman–Crippen LogP) is 2.14. The number of aliphatic hydroxyl groups is 1. The van der Waals surface area contributed by atoms with E-state index in [1.165, 1.54) is 0 Å². The average Bonchev–Trinajstić information content (AvgIpc) is 2.80. The van der Waals surface area contributed by atoms with Crippen LogP contribution in [0.3, 0.4) is 0 Å². The third-order valence-electron chi connectivity index (χ3n) is 4.38. The highest BCUT2D eigenvalue weighted by Gasteiger charge is 2.37. The van der Waals surface area contributed by atoms with Crippen LogP contribution >= 0.6 is 11.6 Å². The van der Waals surface area contributed by atoms with Gasteiger partial charge in [0.1, 0.15) is 5.75 Å². The molecule has 2 N–H and O–H groups in total. The van der Waals surface area contributed by atoms with Gasteiger partial charge in [0.05, 0.1) is 35.2 Å². The number of nitrogens with one attached hydrogen (secondary N) is 1. The number of halogens is 1. The first-order valence-corrected chi connectivity index (χ1v) is 7.71. The quantitative estimate of drug-likeness (QED) is 0.906. The summed E-state index contributed by atoms with van der Waals surface area (Å²) in [5.74, 6) is 0.818. The van der Waals surface area contributed by atoms with E-state index < -0.39 is 5.54 Å². The van der Waals surface area contributed by atoms with Gasteiger partial charge in [0.15, 0.2) is 0 Å². The van der Waals surface area contributed by atoms with Crippen LogP contribution in [0.4, 0.5) is 0 Å². The summed E-state index contributed by atoms with van der Waals surface area (Å²) in [6, 6.07) is 7.81. The minimum atomic E-state index is -0.524. The van der Waals surface area contributed by atoms with E-state index in [2.05, 4.69) is 10.4 Å². The van der Waals surface area contributed by atoms with Crippen molar-refractivity contribution >= 4 is 11.6 Å². The summed E-state index contributed by atoms with van der Waals surface area (Å²) in [6.45, 7) is 3.00. The normalized spacial score (nSPS) is 20.5. The molecule has 0 saturated carbocycles. The van der Waals surface area contributed by atoms with Crippen LogP contribution < -0.4 is 10.1 Å². The monoisotopic (exact) mass is 321 g/mol. The minimum Gasteiger partial charge on any atom is -0.493 e. The van der Waals surface area contributed by atoms with E-state index >= 15 is 0 Å². The Morgan fingerprint density at radius 2 is 2.23 bits per heavy atom. The fourth-order valence-electron chi connectivity index (χ4n) is 2.88. The van der Waals surface area contributed by atoms with E-state index in [-0.39, 0.29) is 6.61 Å². The van der Waals surface area contributed by atoms with Gasteiger partial charge in [0, 0.05) is 25.6 Å². The van der Waals surface area contributed by atoms with Crippen molar-refractivity contribution in [3.8, 4) is 5.75 Å². The molecule has 0 aliphatic carbocycles. The van der Waals surface area contributed by atoms with Crippen molar-refractivity contribution in [3.05, 3.63) is 46.2 Å². The molecular formula is C16H20ClN3O2. The standard InChI is InChI=1S/C16H20ClN3O2/c1-11-15(17)13(19-20(11)2)9-18-16(10-21)7-8-22-14-6-4-3-5-12(14)16/h3-6,18,21H,7-10H2,1-2H3. The van der Waals surface area contributed by atoms with Crippen molar-refractivity contribution < 1.29 is 9.84 Å². The van der Waals surface area contributed by atoms with Crippen LogP contribution in [-0.4, -0.2) is 28.1 Å². The number of ether oxygens (including phenoxy) is 1. The second kappa shape index (κ2) is 5.91. The second-order valence-electron chi connectivity index (χ2n) is 5.66. The Morgan fingerprint density at radius 1 is 1.45 bits per heavy atom. The average molecular weight is 322 g/mol. The molecule has 0 radical (unpaired) electrons. The molecule has 0 spiro atoms. The van der Waals surface area contributed by atoms with Gasteiger partial charge in [-0.05, 0) is 13.0 Å². The van der Waals surface area contributed by atoms with Gasteiger partial charge in [0.25, 0.3) is 0 Å². The predicted molar refractivity (Wildman–Crippen MR) is 85.1 cm³/mol. The number of hydrogen-bond donors (Lipinski definition) is 2. The van der Waals surface area contributed by atoms with Gasteiger partial charge in [-0.1, -0.05) is 29.8 Å². The number of aromatic nitrogens is 2. The lowest BCUT2D eigenvalue weighted by Crippen LogP contribution is -2.48. The number of nitrogens with zero attached hydrogens (tertiary/aromatic N) is 2.